The SMILES string of the molecule is CCc1c(C)ccc2[cH-]c(C)cc12.CCc1c(C)ccc2[cH-]c(C)cc12.[CH3-].[CH3-].[Cl-].[Cl-].[Si]=[Zr+2]. The summed E-state index contributed by atoms with van der Waals surface area (Å²) in [6.45, 7) is 16.2. The van der Waals surface area contributed by atoms with Crippen molar-refractivity contribution in [3.05, 3.63) is 96.8 Å². The fraction of sp³-hybridized carbons (Fsp3) is 0.286. The van der Waals surface area contributed by atoms with Gasteiger partial charge in [-0.15, -0.1) is 69.1 Å². The van der Waals surface area contributed by atoms with Crippen molar-refractivity contribution < 1.29 is 48.1 Å². The fourth-order valence-electron chi connectivity index (χ4n) is 4.14. The predicted molar refractivity (Wildman–Crippen MR) is 135 cm³/mol. The van der Waals surface area contributed by atoms with Crippen molar-refractivity contribution in [2.75, 3.05) is 0 Å². The van der Waals surface area contributed by atoms with Crippen molar-refractivity contribution >= 4 is 28.4 Å². The van der Waals surface area contributed by atoms with Crippen LogP contribution in [0.1, 0.15) is 47.2 Å². The van der Waals surface area contributed by atoms with Crippen molar-refractivity contribution in [2.45, 2.75) is 54.4 Å². The predicted octanol–water partition coefficient (Wildman–Crippen LogP) is 2.00. The maximum absolute atomic E-state index is 3.06. The van der Waals surface area contributed by atoms with Gasteiger partial charge in [0, 0.05) is 0 Å². The van der Waals surface area contributed by atoms with E-state index in [0.717, 1.165) is 12.8 Å². The van der Waals surface area contributed by atoms with Crippen LogP contribution in [0.25, 0.3) is 21.5 Å². The van der Waals surface area contributed by atoms with E-state index in [9.17, 15) is 0 Å². The Balaban J connectivity index is -0.000000437. The summed E-state index contributed by atoms with van der Waals surface area (Å²) >= 11 is 1.36. The van der Waals surface area contributed by atoms with E-state index in [1.54, 1.807) is 0 Å². The van der Waals surface area contributed by atoms with Gasteiger partial charge >= 0.3 is 30.2 Å². The molecule has 0 amide bonds. The molecule has 0 aliphatic rings. The third kappa shape index (κ3) is 8.28. The number of rotatable bonds is 2. The maximum atomic E-state index is 3.06. The Morgan fingerprint density at radius 3 is 1.25 bits per heavy atom. The van der Waals surface area contributed by atoms with Crippen LogP contribution < -0.4 is 24.8 Å². The Hall–Kier alpha value is -0.660. The number of halogens is 2. The van der Waals surface area contributed by atoms with E-state index in [0.29, 0.717) is 0 Å². The normalized spacial score (nSPS) is 9.12. The van der Waals surface area contributed by atoms with Crippen LogP contribution >= 0.6 is 0 Å². The molecule has 0 saturated carbocycles. The zero-order valence-electron chi connectivity index (χ0n) is 20.8. The molecular weight excluding hydrogens is 527 g/mol. The minimum absolute atomic E-state index is 0. The van der Waals surface area contributed by atoms with Crippen LogP contribution in [0.5, 0.6) is 0 Å². The first-order valence-corrected chi connectivity index (χ1v) is 14.2. The molecule has 0 unspecified atom stereocenters. The van der Waals surface area contributed by atoms with Crippen molar-refractivity contribution in [2.24, 2.45) is 0 Å². The Bertz CT molecular complexity index is 990. The summed E-state index contributed by atoms with van der Waals surface area (Å²) in [5.41, 5.74) is 8.59. The van der Waals surface area contributed by atoms with Crippen molar-refractivity contribution in [3.8, 4) is 0 Å². The average molecular weight is 563 g/mol. The molecule has 4 aromatic carbocycles. The van der Waals surface area contributed by atoms with Crippen LogP contribution in [0.15, 0.2) is 48.5 Å². The van der Waals surface area contributed by atoms with Crippen LogP contribution in [-0.2, 0) is 36.2 Å². The summed E-state index contributed by atoms with van der Waals surface area (Å²) in [5.74, 6) is 0. The second-order valence-corrected chi connectivity index (χ2v) is 7.50. The molecule has 4 heteroatoms. The number of hydrogen-bond donors (Lipinski definition) is 0. The van der Waals surface area contributed by atoms with Gasteiger partial charge in [-0.05, 0) is 26.7 Å². The number of hydrogen-bond acceptors (Lipinski definition) is 0. The molecule has 0 nitrogen and oxygen atoms in total. The van der Waals surface area contributed by atoms with Gasteiger partial charge in [0.2, 0.25) is 0 Å². The van der Waals surface area contributed by atoms with E-state index >= 15 is 0 Å². The first-order chi connectivity index (χ1) is 13.4. The zero-order valence-corrected chi connectivity index (χ0v) is 25.8. The third-order valence-corrected chi connectivity index (χ3v) is 5.47. The Kier molecular flexibility index (Phi) is 18.9. The van der Waals surface area contributed by atoms with E-state index in [4.69, 9.17) is 0 Å². The number of aryl methyl sites for hydroxylation is 6. The van der Waals surface area contributed by atoms with Crippen LogP contribution in [0.3, 0.4) is 0 Å². The van der Waals surface area contributed by atoms with Crippen LogP contribution in [0, 0.1) is 42.5 Å². The van der Waals surface area contributed by atoms with Crippen molar-refractivity contribution in [3.63, 3.8) is 0 Å². The van der Waals surface area contributed by atoms with Gasteiger partial charge in [0.25, 0.3) is 0 Å². The molecule has 0 spiro atoms. The quantitative estimate of drug-likeness (QED) is 0.259. The molecular formula is C28H36Cl2SiZr-4. The molecule has 0 heterocycles. The van der Waals surface area contributed by atoms with Crippen LogP contribution in [0.4, 0.5) is 0 Å². The molecule has 0 fully saturated rings. The molecule has 174 valence electrons. The molecule has 0 atom stereocenters. The van der Waals surface area contributed by atoms with Gasteiger partial charge in [0.1, 0.15) is 0 Å². The number of benzene rings is 2. The van der Waals surface area contributed by atoms with Crippen LogP contribution in [0.2, 0.25) is 0 Å². The van der Waals surface area contributed by atoms with Crippen LogP contribution in [-0.4, -0.2) is 6.88 Å². The van der Waals surface area contributed by atoms with Gasteiger partial charge in [0.15, 0.2) is 0 Å². The summed E-state index contributed by atoms with van der Waals surface area (Å²) < 4.78 is 0. The number of fused-ring (bicyclic) bond motifs is 2. The standard InChI is InChI=1S/2C13H15.2CH3.2ClH.Si.Zr/c2*1-4-12-10(3)5-6-11-7-9(2)8-13(11)12;;;;;;/h2*5-8H,4H2,1-3H3;2*1H3;2*1H;;/q4*-1;;;;+2/p-2. The molecule has 32 heavy (non-hydrogen) atoms. The van der Waals surface area contributed by atoms with E-state index in [1.807, 2.05) is 0 Å². The van der Waals surface area contributed by atoms with E-state index in [1.165, 1.54) is 78.3 Å². The van der Waals surface area contributed by atoms with Gasteiger partial charge in [-0.25, -0.2) is 0 Å². The van der Waals surface area contributed by atoms with Gasteiger partial charge < -0.3 is 39.7 Å². The second kappa shape index (κ2) is 16.9. The molecule has 2 radical (unpaired) electrons. The van der Waals surface area contributed by atoms with E-state index in [2.05, 4.69) is 97.0 Å². The van der Waals surface area contributed by atoms with Gasteiger partial charge in [-0.1, -0.05) is 49.9 Å². The van der Waals surface area contributed by atoms with Gasteiger partial charge in [0.05, 0.1) is 0 Å². The molecule has 0 aliphatic heterocycles. The topological polar surface area (TPSA) is 0 Å². The molecule has 0 aromatic heterocycles. The van der Waals surface area contributed by atoms with Crippen molar-refractivity contribution in [1.29, 1.82) is 0 Å². The summed E-state index contributed by atoms with van der Waals surface area (Å²) in [5, 5.41) is 5.67. The Labute approximate surface area is 226 Å². The fourth-order valence-corrected chi connectivity index (χ4v) is 4.14. The van der Waals surface area contributed by atoms with E-state index < -0.39 is 0 Å². The summed E-state index contributed by atoms with van der Waals surface area (Å²) in [7, 11) is 0. The molecule has 0 bridgehead atoms. The summed E-state index contributed by atoms with van der Waals surface area (Å²) in [6.07, 6.45) is 2.26. The molecule has 4 rings (SSSR count). The first kappa shape index (κ1) is 35.9. The Morgan fingerprint density at radius 1 is 0.656 bits per heavy atom. The second-order valence-electron chi connectivity index (χ2n) is 7.50. The van der Waals surface area contributed by atoms with E-state index in [-0.39, 0.29) is 39.7 Å². The third-order valence-electron chi connectivity index (χ3n) is 5.47. The minimum atomic E-state index is 0. The average Bonchev–Trinajstić information content (AvgIpc) is 3.25. The van der Waals surface area contributed by atoms with Gasteiger partial charge in [-0.3, -0.25) is 0 Å². The first-order valence-electron chi connectivity index (χ1n) is 10.0. The molecule has 0 aliphatic carbocycles. The zero-order chi connectivity index (χ0) is 20.8. The molecule has 0 N–H and O–H groups in total. The Morgan fingerprint density at radius 2 is 0.969 bits per heavy atom. The molecule has 4 aromatic rings. The summed E-state index contributed by atoms with van der Waals surface area (Å²) in [6, 6.07) is 18.0. The summed E-state index contributed by atoms with van der Waals surface area (Å²) in [4.78, 5) is 0. The van der Waals surface area contributed by atoms with Gasteiger partial charge in [-0.2, -0.15) is 12.1 Å². The van der Waals surface area contributed by atoms with Crippen molar-refractivity contribution in [1.82, 2.24) is 0 Å². The monoisotopic (exact) mass is 560 g/mol. The molecule has 0 saturated heterocycles.